The molecule has 0 spiro atoms. The van der Waals surface area contributed by atoms with Crippen LogP contribution in [0.2, 0.25) is 5.02 Å². The molecule has 1 N–H and O–H groups in total. The van der Waals surface area contributed by atoms with Crippen molar-refractivity contribution in [2.75, 3.05) is 0 Å². The zero-order valence-corrected chi connectivity index (χ0v) is 11.0. The van der Waals surface area contributed by atoms with Gasteiger partial charge >= 0.3 is 6.18 Å². The first-order chi connectivity index (χ1) is 7.30. The van der Waals surface area contributed by atoms with Gasteiger partial charge in [-0.25, -0.2) is 0 Å². The van der Waals surface area contributed by atoms with Crippen LogP contribution in [0, 0.1) is 0 Å². The molecule has 0 saturated carbocycles. The molecule has 0 saturated heterocycles. The normalized spacial score (nSPS) is 11.5. The fraction of sp³-hybridized carbons (Fsp3) is 0.455. The number of benzene rings is 1. The van der Waals surface area contributed by atoms with E-state index in [9.17, 15) is 13.2 Å². The van der Waals surface area contributed by atoms with Gasteiger partial charge in [0.25, 0.3) is 0 Å². The Morgan fingerprint density at radius 3 is 2.35 bits per heavy atom. The molecule has 1 nitrogen and oxygen atoms in total. The number of hydrogen-bond acceptors (Lipinski definition) is 1. The minimum Gasteiger partial charge on any atom is -0.310 e. The zero-order valence-electron chi connectivity index (χ0n) is 9.44. The Labute approximate surface area is 110 Å². The van der Waals surface area contributed by atoms with Gasteiger partial charge in [-0.2, -0.15) is 13.2 Å². The van der Waals surface area contributed by atoms with Crippen molar-refractivity contribution in [1.29, 1.82) is 0 Å². The molecule has 0 heterocycles. The summed E-state index contributed by atoms with van der Waals surface area (Å²) < 4.78 is 37.6. The summed E-state index contributed by atoms with van der Waals surface area (Å²) in [6.07, 6.45) is -4.40. The highest BCUT2D eigenvalue weighted by atomic mass is 35.5. The van der Waals surface area contributed by atoms with Crippen LogP contribution in [0.3, 0.4) is 0 Å². The molecule has 0 aliphatic heterocycles. The molecule has 0 bridgehead atoms. The first-order valence-electron chi connectivity index (χ1n) is 4.89. The van der Waals surface area contributed by atoms with Crippen LogP contribution in [0.4, 0.5) is 13.2 Å². The van der Waals surface area contributed by atoms with E-state index in [4.69, 9.17) is 11.6 Å². The summed E-state index contributed by atoms with van der Waals surface area (Å²) in [5.74, 6) is 0. The van der Waals surface area contributed by atoms with E-state index in [0.29, 0.717) is 12.1 Å². The number of nitrogens with one attached hydrogen (secondary N) is 1. The van der Waals surface area contributed by atoms with E-state index >= 15 is 0 Å². The minimum absolute atomic E-state index is 0. The fourth-order valence-corrected chi connectivity index (χ4v) is 1.45. The van der Waals surface area contributed by atoms with E-state index in [1.54, 1.807) is 6.07 Å². The summed E-state index contributed by atoms with van der Waals surface area (Å²) in [4.78, 5) is 0. The zero-order chi connectivity index (χ0) is 12.3. The van der Waals surface area contributed by atoms with Gasteiger partial charge in [-0.05, 0) is 17.7 Å². The van der Waals surface area contributed by atoms with Crippen LogP contribution in [0.15, 0.2) is 18.2 Å². The number of halogens is 5. The summed E-state index contributed by atoms with van der Waals surface area (Å²) in [5.41, 5.74) is -0.206. The van der Waals surface area contributed by atoms with E-state index in [1.807, 2.05) is 13.8 Å². The molecular weight excluding hydrogens is 274 g/mol. The average Bonchev–Trinajstić information content (AvgIpc) is 2.14. The fourth-order valence-electron chi connectivity index (χ4n) is 1.22. The van der Waals surface area contributed by atoms with Gasteiger partial charge in [-0.1, -0.05) is 31.5 Å². The molecule has 6 heteroatoms. The molecule has 0 atom stereocenters. The van der Waals surface area contributed by atoms with Crippen LogP contribution >= 0.6 is 24.0 Å². The SMILES string of the molecule is CC(C)NCc1ccc(Cl)c(C(F)(F)F)c1.Cl. The third kappa shape index (κ3) is 5.15. The van der Waals surface area contributed by atoms with Crippen LogP contribution in [-0.2, 0) is 12.7 Å². The maximum atomic E-state index is 12.5. The maximum Gasteiger partial charge on any atom is 0.417 e. The Morgan fingerprint density at radius 2 is 1.88 bits per heavy atom. The lowest BCUT2D eigenvalue weighted by atomic mass is 10.1. The lowest BCUT2D eigenvalue weighted by Gasteiger charge is -2.12. The Hall–Kier alpha value is -0.450. The van der Waals surface area contributed by atoms with Crippen molar-refractivity contribution >= 4 is 24.0 Å². The van der Waals surface area contributed by atoms with E-state index in [-0.39, 0.29) is 23.5 Å². The van der Waals surface area contributed by atoms with Crippen LogP contribution in [-0.4, -0.2) is 6.04 Å². The van der Waals surface area contributed by atoms with E-state index in [1.165, 1.54) is 6.07 Å². The molecule has 98 valence electrons. The molecule has 0 fully saturated rings. The number of rotatable bonds is 3. The maximum absolute atomic E-state index is 12.5. The third-order valence-electron chi connectivity index (χ3n) is 2.05. The van der Waals surface area contributed by atoms with Crippen molar-refractivity contribution in [2.45, 2.75) is 32.6 Å². The second kappa shape index (κ2) is 6.47. The third-order valence-corrected chi connectivity index (χ3v) is 2.38. The highest BCUT2D eigenvalue weighted by Crippen LogP contribution is 2.35. The van der Waals surface area contributed by atoms with Crippen molar-refractivity contribution in [2.24, 2.45) is 0 Å². The molecule has 1 rings (SSSR count). The topological polar surface area (TPSA) is 12.0 Å². The predicted octanol–water partition coefficient (Wildman–Crippen LogP) is 4.28. The summed E-state index contributed by atoms with van der Waals surface area (Å²) >= 11 is 5.50. The van der Waals surface area contributed by atoms with Gasteiger partial charge < -0.3 is 5.32 Å². The summed E-state index contributed by atoms with van der Waals surface area (Å²) in [5, 5.41) is 2.79. The molecule has 1 aromatic rings. The predicted molar refractivity (Wildman–Crippen MR) is 65.7 cm³/mol. The Morgan fingerprint density at radius 1 is 1.29 bits per heavy atom. The van der Waals surface area contributed by atoms with Gasteiger partial charge in [-0.3, -0.25) is 0 Å². The first kappa shape index (κ1) is 16.6. The van der Waals surface area contributed by atoms with Crippen LogP contribution in [0.1, 0.15) is 25.0 Å². The lowest BCUT2D eigenvalue weighted by Crippen LogP contribution is -2.22. The van der Waals surface area contributed by atoms with E-state index in [0.717, 1.165) is 6.07 Å². The van der Waals surface area contributed by atoms with Crippen LogP contribution in [0.5, 0.6) is 0 Å². The molecule has 0 radical (unpaired) electrons. The molecule has 0 aromatic heterocycles. The van der Waals surface area contributed by atoms with Crippen LogP contribution in [0.25, 0.3) is 0 Å². The van der Waals surface area contributed by atoms with Crippen LogP contribution < -0.4 is 5.32 Å². The largest absolute Gasteiger partial charge is 0.417 e. The van der Waals surface area contributed by atoms with Gasteiger partial charge in [0.1, 0.15) is 0 Å². The monoisotopic (exact) mass is 287 g/mol. The Kier molecular flexibility index (Phi) is 6.30. The average molecular weight is 288 g/mol. The second-order valence-corrected chi connectivity index (χ2v) is 4.25. The minimum atomic E-state index is -4.40. The van der Waals surface area contributed by atoms with Gasteiger partial charge in [0.15, 0.2) is 0 Å². The van der Waals surface area contributed by atoms with E-state index < -0.39 is 11.7 Å². The van der Waals surface area contributed by atoms with Crippen molar-refractivity contribution in [3.63, 3.8) is 0 Å². The van der Waals surface area contributed by atoms with Crippen molar-refractivity contribution in [3.05, 3.63) is 34.3 Å². The quantitative estimate of drug-likeness (QED) is 0.875. The molecular formula is C11H14Cl2F3N. The van der Waals surface area contributed by atoms with Gasteiger partial charge in [0, 0.05) is 12.6 Å². The Balaban J connectivity index is 0.00000256. The molecule has 1 aromatic carbocycles. The highest BCUT2D eigenvalue weighted by Gasteiger charge is 2.33. The number of hydrogen-bond donors (Lipinski definition) is 1. The molecule has 0 aliphatic carbocycles. The molecule has 0 amide bonds. The van der Waals surface area contributed by atoms with Gasteiger partial charge in [0.2, 0.25) is 0 Å². The lowest BCUT2D eigenvalue weighted by molar-refractivity contribution is -0.137. The first-order valence-corrected chi connectivity index (χ1v) is 5.27. The molecule has 17 heavy (non-hydrogen) atoms. The van der Waals surface area contributed by atoms with Crippen molar-refractivity contribution in [3.8, 4) is 0 Å². The second-order valence-electron chi connectivity index (χ2n) is 3.85. The van der Waals surface area contributed by atoms with Crippen molar-refractivity contribution < 1.29 is 13.2 Å². The summed E-state index contributed by atoms with van der Waals surface area (Å²) in [6.45, 7) is 4.26. The summed E-state index contributed by atoms with van der Waals surface area (Å²) in [6, 6.07) is 4.18. The Bertz CT molecular complexity index is 364. The smallest absolute Gasteiger partial charge is 0.310 e. The molecule has 0 unspecified atom stereocenters. The van der Waals surface area contributed by atoms with Crippen molar-refractivity contribution in [1.82, 2.24) is 5.32 Å². The standard InChI is InChI=1S/C11H13ClF3N.ClH/c1-7(2)16-6-8-3-4-10(12)9(5-8)11(13,14)15;/h3-5,7,16H,6H2,1-2H3;1H. The summed E-state index contributed by atoms with van der Waals surface area (Å²) in [7, 11) is 0. The molecule has 0 aliphatic rings. The number of alkyl halides is 3. The van der Waals surface area contributed by atoms with Gasteiger partial charge in [-0.15, -0.1) is 12.4 Å². The highest BCUT2D eigenvalue weighted by molar-refractivity contribution is 6.31. The van der Waals surface area contributed by atoms with Gasteiger partial charge in [0.05, 0.1) is 10.6 Å². The van der Waals surface area contributed by atoms with E-state index in [2.05, 4.69) is 5.32 Å².